The fourth-order valence-electron chi connectivity index (χ4n) is 5.05. The van der Waals surface area contributed by atoms with E-state index in [0.29, 0.717) is 30.1 Å². The summed E-state index contributed by atoms with van der Waals surface area (Å²) in [6, 6.07) is 17.2. The average molecular weight is 421 g/mol. The summed E-state index contributed by atoms with van der Waals surface area (Å²) in [7, 11) is 0. The first-order valence-corrected chi connectivity index (χ1v) is 11.1. The predicted octanol–water partition coefficient (Wildman–Crippen LogP) is 5.32. The number of rotatable bonds is 2. The number of likely N-dealkylation sites (tertiary alicyclic amines) is 1. The smallest absolute Gasteiger partial charge is 0.254 e. The van der Waals surface area contributed by atoms with E-state index in [1.54, 1.807) is 0 Å². The molecule has 2 aliphatic rings. The Morgan fingerprint density at radius 1 is 1.10 bits per heavy atom. The van der Waals surface area contributed by atoms with Gasteiger partial charge in [-0.05, 0) is 43.5 Å². The van der Waals surface area contributed by atoms with E-state index in [2.05, 4.69) is 0 Å². The van der Waals surface area contributed by atoms with Gasteiger partial charge in [0.05, 0.1) is 22.4 Å². The van der Waals surface area contributed by atoms with Crippen molar-refractivity contribution in [1.82, 2.24) is 9.88 Å². The van der Waals surface area contributed by atoms with E-state index in [9.17, 15) is 9.90 Å². The number of benzene rings is 2. The Morgan fingerprint density at radius 2 is 1.90 bits per heavy atom. The Kier molecular flexibility index (Phi) is 5.00. The number of carbonyl (C=O) groups is 1. The van der Waals surface area contributed by atoms with Crippen molar-refractivity contribution >= 4 is 28.4 Å². The molecule has 1 aromatic heterocycles. The van der Waals surface area contributed by atoms with Gasteiger partial charge in [-0.15, -0.1) is 0 Å². The zero-order chi connectivity index (χ0) is 20.7. The molecule has 0 unspecified atom stereocenters. The number of aromatic nitrogens is 1. The van der Waals surface area contributed by atoms with Crippen LogP contribution in [0.25, 0.3) is 22.2 Å². The molecule has 1 amide bonds. The molecule has 5 rings (SSSR count). The molecule has 1 aliphatic heterocycles. The average Bonchev–Trinajstić information content (AvgIpc) is 2.77. The third-order valence-electron chi connectivity index (χ3n) is 6.80. The van der Waals surface area contributed by atoms with Crippen LogP contribution in [0.5, 0.6) is 0 Å². The lowest BCUT2D eigenvalue weighted by Gasteiger charge is -2.47. The summed E-state index contributed by atoms with van der Waals surface area (Å²) in [5, 5.41) is 12.5. The zero-order valence-electron chi connectivity index (χ0n) is 16.9. The highest BCUT2D eigenvalue weighted by Crippen LogP contribution is 2.40. The molecule has 2 atom stereocenters. The first-order valence-electron chi connectivity index (χ1n) is 10.7. The van der Waals surface area contributed by atoms with Gasteiger partial charge in [0.25, 0.3) is 5.91 Å². The van der Waals surface area contributed by atoms with Gasteiger partial charge in [0.15, 0.2) is 0 Å². The van der Waals surface area contributed by atoms with Gasteiger partial charge in [-0.3, -0.25) is 4.79 Å². The molecule has 5 heteroatoms. The summed E-state index contributed by atoms with van der Waals surface area (Å²) in [5.74, 6) is 0.198. The lowest BCUT2D eigenvalue weighted by atomic mass is 9.71. The number of nitrogens with zero attached hydrogens (tertiary/aromatic N) is 2. The molecule has 2 aromatic carbocycles. The van der Waals surface area contributed by atoms with Crippen LogP contribution in [0.4, 0.5) is 0 Å². The number of amides is 1. The minimum Gasteiger partial charge on any atom is -0.389 e. The summed E-state index contributed by atoms with van der Waals surface area (Å²) in [6.45, 7) is 1.22. The van der Waals surface area contributed by atoms with E-state index in [0.717, 1.165) is 47.8 Å². The van der Waals surface area contributed by atoms with Gasteiger partial charge in [-0.1, -0.05) is 54.8 Å². The Morgan fingerprint density at radius 3 is 2.73 bits per heavy atom. The van der Waals surface area contributed by atoms with Crippen molar-refractivity contribution in [3.05, 3.63) is 65.2 Å². The van der Waals surface area contributed by atoms with Crippen molar-refractivity contribution in [2.75, 3.05) is 13.1 Å². The molecule has 1 aliphatic carbocycles. The fraction of sp³-hybridized carbons (Fsp3) is 0.360. The van der Waals surface area contributed by atoms with E-state index in [4.69, 9.17) is 16.6 Å². The molecule has 2 fully saturated rings. The number of para-hydroxylation sites is 1. The maximum Gasteiger partial charge on any atom is 0.254 e. The van der Waals surface area contributed by atoms with Crippen LogP contribution in [0, 0.1) is 5.92 Å². The molecule has 4 nitrogen and oxygen atoms in total. The zero-order valence-corrected chi connectivity index (χ0v) is 17.6. The third-order valence-corrected chi connectivity index (χ3v) is 7.05. The molecule has 2 heterocycles. The lowest BCUT2D eigenvalue weighted by Crippen LogP contribution is -2.54. The Hall–Kier alpha value is -2.43. The second kappa shape index (κ2) is 7.68. The van der Waals surface area contributed by atoms with E-state index in [1.165, 1.54) is 0 Å². The van der Waals surface area contributed by atoms with E-state index < -0.39 is 5.60 Å². The van der Waals surface area contributed by atoms with Crippen molar-refractivity contribution < 1.29 is 9.90 Å². The molecule has 1 saturated heterocycles. The van der Waals surface area contributed by atoms with Crippen molar-refractivity contribution in [2.24, 2.45) is 5.92 Å². The Labute approximate surface area is 181 Å². The first kappa shape index (κ1) is 19.5. The fourth-order valence-corrected chi connectivity index (χ4v) is 5.17. The third kappa shape index (κ3) is 3.48. The maximum atomic E-state index is 13.6. The van der Waals surface area contributed by atoms with Gasteiger partial charge in [-0.25, -0.2) is 4.98 Å². The highest BCUT2D eigenvalue weighted by molar-refractivity contribution is 6.30. The number of halogens is 1. The lowest BCUT2D eigenvalue weighted by molar-refractivity contribution is -0.0885. The summed E-state index contributed by atoms with van der Waals surface area (Å²) < 4.78 is 0. The van der Waals surface area contributed by atoms with E-state index in [1.807, 2.05) is 59.5 Å². The van der Waals surface area contributed by atoms with Gasteiger partial charge in [0.1, 0.15) is 0 Å². The quantitative estimate of drug-likeness (QED) is 0.610. The van der Waals surface area contributed by atoms with Crippen LogP contribution < -0.4 is 0 Å². The van der Waals surface area contributed by atoms with Crippen molar-refractivity contribution in [2.45, 2.75) is 37.7 Å². The van der Waals surface area contributed by atoms with Gasteiger partial charge in [0, 0.05) is 35.0 Å². The second-order valence-corrected chi connectivity index (χ2v) is 9.06. The number of carbonyl (C=O) groups excluding carboxylic acids is 1. The SMILES string of the molecule is O=C(c1cc(-c2ccc(Cl)cc2)nc2ccccc12)N1CC[C@@]2(O)CCCC[C@@H]2C1. The highest BCUT2D eigenvalue weighted by atomic mass is 35.5. The van der Waals surface area contributed by atoms with Crippen LogP contribution in [-0.4, -0.2) is 39.6 Å². The van der Waals surface area contributed by atoms with Gasteiger partial charge in [0.2, 0.25) is 0 Å². The summed E-state index contributed by atoms with van der Waals surface area (Å²) in [4.78, 5) is 20.3. The number of piperidine rings is 1. The first-order chi connectivity index (χ1) is 14.5. The maximum absolute atomic E-state index is 13.6. The molecular weight excluding hydrogens is 396 g/mol. The highest BCUT2D eigenvalue weighted by Gasteiger charge is 2.44. The molecule has 0 radical (unpaired) electrons. The monoisotopic (exact) mass is 420 g/mol. The number of pyridine rings is 1. The van der Waals surface area contributed by atoms with Crippen LogP contribution in [-0.2, 0) is 0 Å². The van der Waals surface area contributed by atoms with Gasteiger partial charge < -0.3 is 10.0 Å². The topological polar surface area (TPSA) is 53.4 Å². The summed E-state index contributed by atoms with van der Waals surface area (Å²) >= 11 is 6.04. The summed E-state index contributed by atoms with van der Waals surface area (Å²) in [6.07, 6.45) is 4.73. The molecule has 3 aromatic rings. The van der Waals surface area contributed by atoms with Crippen LogP contribution in [0.3, 0.4) is 0 Å². The van der Waals surface area contributed by atoms with Crippen molar-refractivity contribution in [1.29, 1.82) is 0 Å². The molecule has 0 bridgehead atoms. The number of aliphatic hydroxyl groups is 1. The van der Waals surface area contributed by atoms with Crippen LogP contribution in [0.2, 0.25) is 5.02 Å². The molecule has 0 spiro atoms. The predicted molar refractivity (Wildman–Crippen MR) is 120 cm³/mol. The van der Waals surface area contributed by atoms with Crippen LogP contribution in [0.15, 0.2) is 54.6 Å². The number of hydrogen-bond acceptors (Lipinski definition) is 3. The van der Waals surface area contributed by atoms with Crippen LogP contribution in [0.1, 0.15) is 42.5 Å². The van der Waals surface area contributed by atoms with E-state index in [-0.39, 0.29) is 11.8 Å². The second-order valence-electron chi connectivity index (χ2n) is 8.63. The molecule has 30 heavy (non-hydrogen) atoms. The molecular formula is C25H25ClN2O2. The van der Waals surface area contributed by atoms with Crippen molar-refractivity contribution in [3.8, 4) is 11.3 Å². The Bertz CT molecular complexity index is 1100. The molecule has 1 N–H and O–H groups in total. The molecule has 154 valence electrons. The van der Waals surface area contributed by atoms with Crippen LogP contribution >= 0.6 is 11.6 Å². The minimum absolute atomic E-state index is 0.0245. The minimum atomic E-state index is -0.593. The summed E-state index contributed by atoms with van der Waals surface area (Å²) in [5.41, 5.74) is 2.58. The van der Waals surface area contributed by atoms with Crippen molar-refractivity contribution in [3.63, 3.8) is 0 Å². The van der Waals surface area contributed by atoms with Gasteiger partial charge in [-0.2, -0.15) is 0 Å². The Balaban J connectivity index is 1.53. The largest absolute Gasteiger partial charge is 0.389 e. The van der Waals surface area contributed by atoms with E-state index >= 15 is 0 Å². The van der Waals surface area contributed by atoms with Gasteiger partial charge >= 0.3 is 0 Å². The molecule has 1 saturated carbocycles. The normalized spacial score (nSPS) is 23.9. The number of fused-ring (bicyclic) bond motifs is 2. The number of hydrogen-bond donors (Lipinski definition) is 1. The standard InChI is InChI=1S/C25H25ClN2O2/c26-19-10-8-17(9-11-19)23-15-21(20-6-1-2-7-22(20)27-23)24(29)28-14-13-25(30)12-4-3-5-18(25)16-28/h1-2,6-11,15,18,30H,3-5,12-14,16H2/t18-,25+/m1/s1.